The number of hydrogen-bond donors (Lipinski definition) is 4. The van der Waals surface area contributed by atoms with E-state index >= 15 is 0 Å². The summed E-state index contributed by atoms with van der Waals surface area (Å²) in [5.41, 5.74) is 6.96. The normalized spacial score (nSPS) is 28.8. The molecule has 132 valence electrons. The first-order chi connectivity index (χ1) is 12.0. The van der Waals surface area contributed by atoms with Gasteiger partial charge in [0.2, 0.25) is 11.8 Å². The monoisotopic (exact) mass is 349 g/mol. The van der Waals surface area contributed by atoms with Gasteiger partial charge in [-0.3, -0.25) is 4.57 Å². The fourth-order valence-electron chi connectivity index (χ4n) is 2.93. The predicted octanol–water partition coefficient (Wildman–Crippen LogP) is -0.185. The van der Waals surface area contributed by atoms with Crippen molar-refractivity contribution in [1.29, 1.82) is 0 Å². The van der Waals surface area contributed by atoms with Gasteiger partial charge in [0.1, 0.15) is 18.3 Å². The summed E-state index contributed by atoms with van der Waals surface area (Å²) in [7, 11) is 0. The highest BCUT2D eigenvalue weighted by molar-refractivity contribution is 5.77. The minimum atomic E-state index is -1.57. The number of aliphatic hydroxyl groups excluding tert-OH is 3. The molecular weight excluding hydrogens is 334 g/mol. The second-order valence-corrected chi connectivity index (χ2v) is 5.44. The van der Waals surface area contributed by atoms with Crippen LogP contribution < -0.4 is 0 Å². The highest BCUT2D eigenvalue weighted by atomic mass is 16.6. The molecule has 1 fully saturated rings. The van der Waals surface area contributed by atoms with Crippen LogP contribution in [0.1, 0.15) is 6.42 Å². The summed E-state index contributed by atoms with van der Waals surface area (Å²) in [6, 6.07) is 0. The molecule has 2 aromatic heterocycles. The van der Waals surface area contributed by atoms with Crippen LogP contribution >= 0.6 is 0 Å². The lowest BCUT2D eigenvalue weighted by Crippen LogP contribution is -2.45. The van der Waals surface area contributed by atoms with Crippen molar-refractivity contribution in [1.82, 2.24) is 19.5 Å². The number of aromatic hydroxyl groups is 1. The van der Waals surface area contributed by atoms with E-state index in [1.807, 2.05) is 0 Å². The topological polar surface area (TPSA) is 183 Å². The van der Waals surface area contributed by atoms with Gasteiger partial charge in [-0.25, -0.2) is 9.97 Å². The van der Waals surface area contributed by atoms with Gasteiger partial charge in [-0.15, -0.1) is 6.58 Å². The first-order valence-corrected chi connectivity index (χ1v) is 7.23. The highest BCUT2D eigenvalue weighted by Crippen LogP contribution is 2.41. The summed E-state index contributed by atoms with van der Waals surface area (Å²) < 4.78 is 6.99. The molecule has 0 bridgehead atoms. The number of hydrogen-bond acceptors (Lipinski definition) is 9. The van der Waals surface area contributed by atoms with Gasteiger partial charge in [0.05, 0.1) is 12.9 Å². The Bertz CT molecular complexity index is 864. The van der Waals surface area contributed by atoms with Crippen LogP contribution in [0.25, 0.3) is 21.6 Å². The van der Waals surface area contributed by atoms with Crippen molar-refractivity contribution < 1.29 is 25.2 Å². The Balaban J connectivity index is 2.24. The van der Waals surface area contributed by atoms with Crippen molar-refractivity contribution >= 4 is 17.1 Å². The Morgan fingerprint density at radius 1 is 1.48 bits per heavy atom. The van der Waals surface area contributed by atoms with Gasteiger partial charge in [-0.05, 0) is 10.6 Å². The Kier molecular flexibility index (Phi) is 4.29. The van der Waals surface area contributed by atoms with Gasteiger partial charge < -0.3 is 25.2 Å². The van der Waals surface area contributed by atoms with Crippen molar-refractivity contribution in [2.24, 2.45) is 5.11 Å². The maximum atomic E-state index is 10.5. The van der Waals surface area contributed by atoms with E-state index < -0.39 is 36.5 Å². The molecule has 0 amide bonds. The van der Waals surface area contributed by atoms with Crippen molar-refractivity contribution in [3.05, 3.63) is 29.4 Å². The van der Waals surface area contributed by atoms with Gasteiger partial charge >= 0.3 is 0 Å². The van der Waals surface area contributed by atoms with E-state index in [-0.39, 0.29) is 23.5 Å². The van der Waals surface area contributed by atoms with Crippen LogP contribution in [-0.2, 0) is 10.5 Å². The minimum absolute atomic E-state index is 0.0154. The number of ether oxygens (including phenoxy) is 1. The number of fused-ring (bicyclic) bond motifs is 1. The molecule has 3 rings (SSSR count). The fraction of sp³-hybridized carbons (Fsp3) is 0.462. The zero-order valence-electron chi connectivity index (χ0n) is 12.8. The molecule has 0 unspecified atom stereocenters. The third-order valence-electron chi connectivity index (χ3n) is 4.05. The number of aromatic nitrogens is 4. The van der Waals surface area contributed by atoms with E-state index in [0.29, 0.717) is 0 Å². The number of aliphatic hydroxyl groups is 3. The van der Waals surface area contributed by atoms with Crippen LogP contribution in [0.2, 0.25) is 0 Å². The van der Waals surface area contributed by atoms with Crippen LogP contribution in [0.4, 0.5) is 5.95 Å². The summed E-state index contributed by atoms with van der Waals surface area (Å²) in [5.74, 6) is -0.874. The quantitative estimate of drug-likeness (QED) is 0.248. The molecule has 0 radical (unpaired) electrons. The van der Waals surface area contributed by atoms with E-state index in [1.54, 1.807) is 0 Å². The third-order valence-corrected chi connectivity index (χ3v) is 4.05. The first kappa shape index (κ1) is 17.1. The summed E-state index contributed by atoms with van der Waals surface area (Å²) in [5, 5.41) is 43.2. The van der Waals surface area contributed by atoms with E-state index in [1.165, 1.54) is 17.0 Å². The number of azide groups is 1. The third kappa shape index (κ3) is 2.49. The SMILES string of the molecule is C=CC[C@@]1(n2cnc3c(O)nc(N=[N+]=[N-])nc32)O[C@H](CO)[C@@H](O)[C@H]1O. The van der Waals surface area contributed by atoms with Crippen molar-refractivity contribution in [3.63, 3.8) is 0 Å². The van der Waals surface area contributed by atoms with Crippen molar-refractivity contribution in [2.45, 2.75) is 30.5 Å². The highest BCUT2D eigenvalue weighted by Gasteiger charge is 2.55. The predicted molar refractivity (Wildman–Crippen MR) is 82.6 cm³/mol. The molecule has 12 nitrogen and oxygen atoms in total. The minimum Gasteiger partial charge on any atom is -0.492 e. The number of rotatable bonds is 5. The van der Waals surface area contributed by atoms with Crippen LogP contribution in [0.15, 0.2) is 24.1 Å². The molecule has 25 heavy (non-hydrogen) atoms. The van der Waals surface area contributed by atoms with E-state index in [4.69, 9.17) is 10.3 Å². The molecule has 3 heterocycles. The van der Waals surface area contributed by atoms with Gasteiger partial charge in [-0.2, -0.15) is 4.98 Å². The Hall–Kier alpha value is -2.76. The molecule has 0 aliphatic carbocycles. The summed E-state index contributed by atoms with van der Waals surface area (Å²) in [6.45, 7) is 3.10. The molecule has 1 saturated heterocycles. The van der Waals surface area contributed by atoms with Crippen LogP contribution in [0.3, 0.4) is 0 Å². The second kappa shape index (κ2) is 6.27. The van der Waals surface area contributed by atoms with Gasteiger partial charge in [0, 0.05) is 11.3 Å². The molecular formula is C13H15N7O5. The van der Waals surface area contributed by atoms with Gasteiger partial charge in [-0.1, -0.05) is 6.08 Å². The molecule has 4 atom stereocenters. The molecule has 12 heteroatoms. The van der Waals surface area contributed by atoms with E-state index in [9.17, 15) is 20.4 Å². The van der Waals surface area contributed by atoms with Crippen LogP contribution in [0, 0.1) is 0 Å². The Labute approximate surface area is 140 Å². The molecule has 0 spiro atoms. The molecule has 1 aliphatic heterocycles. The maximum absolute atomic E-state index is 10.5. The Morgan fingerprint density at radius 3 is 2.84 bits per heavy atom. The lowest BCUT2D eigenvalue weighted by molar-refractivity contribution is -0.143. The molecule has 4 N–H and O–H groups in total. The molecule has 1 aliphatic rings. The van der Waals surface area contributed by atoms with Gasteiger partial charge in [0.25, 0.3) is 0 Å². The van der Waals surface area contributed by atoms with Crippen LogP contribution in [-0.4, -0.2) is 64.9 Å². The number of nitrogens with zero attached hydrogens (tertiary/aromatic N) is 7. The van der Waals surface area contributed by atoms with Crippen molar-refractivity contribution in [2.75, 3.05) is 6.61 Å². The lowest BCUT2D eigenvalue weighted by atomic mass is 9.99. The number of imidazole rings is 1. The summed E-state index contributed by atoms with van der Waals surface area (Å²) in [4.78, 5) is 14.2. The molecule has 0 aromatic carbocycles. The van der Waals surface area contributed by atoms with Gasteiger partial charge in [0.15, 0.2) is 16.9 Å². The summed E-state index contributed by atoms with van der Waals surface area (Å²) in [6.07, 6.45) is -1.13. The first-order valence-electron chi connectivity index (χ1n) is 7.23. The zero-order chi connectivity index (χ0) is 18.2. The largest absolute Gasteiger partial charge is 0.492 e. The van der Waals surface area contributed by atoms with E-state index in [2.05, 4.69) is 31.6 Å². The van der Waals surface area contributed by atoms with E-state index in [0.717, 1.165) is 0 Å². The standard InChI is InChI=1S/C13H15N7O5/c1-2-3-13(9(23)8(22)6(4-21)25-13)20-5-15-7-10(20)16-12(18-19-14)17-11(7)24/h2,5-6,8-9,21-23H,1,3-4H2,(H,16,17,24)/t6-,8-,9-,13-/m1/s1. The second-order valence-electron chi connectivity index (χ2n) is 5.44. The molecule has 2 aromatic rings. The van der Waals surface area contributed by atoms with Crippen LogP contribution in [0.5, 0.6) is 5.88 Å². The average molecular weight is 349 g/mol. The Morgan fingerprint density at radius 2 is 2.24 bits per heavy atom. The van der Waals surface area contributed by atoms with Crippen molar-refractivity contribution in [3.8, 4) is 5.88 Å². The average Bonchev–Trinajstić information content (AvgIpc) is 3.11. The fourth-order valence-corrected chi connectivity index (χ4v) is 2.93. The maximum Gasteiger partial charge on any atom is 0.243 e. The smallest absolute Gasteiger partial charge is 0.243 e. The molecule has 0 saturated carbocycles. The zero-order valence-corrected chi connectivity index (χ0v) is 12.8. The lowest BCUT2D eigenvalue weighted by Gasteiger charge is -2.32. The summed E-state index contributed by atoms with van der Waals surface area (Å²) >= 11 is 0.